The van der Waals surface area contributed by atoms with Gasteiger partial charge < -0.3 is 4.74 Å². The summed E-state index contributed by atoms with van der Waals surface area (Å²) >= 11 is 0. The number of hydrogen-bond acceptors (Lipinski definition) is 3. The van der Waals surface area contributed by atoms with Crippen LogP contribution in [0.15, 0.2) is 36.7 Å². The first-order valence-corrected chi connectivity index (χ1v) is 6.34. The van der Waals surface area contributed by atoms with E-state index in [1.54, 1.807) is 6.20 Å². The van der Waals surface area contributed by atoms with Crippen LogP contribution in [0.3, 0.4) is 0 Å². The lowest BCUT2D eigenvalue weighted by Crippen LogP contribution is -2.27. The van der Waals surface area contributed by atoms with Crippen molar-refractivity contribution in [1.82, 2.24) is 15.1 Å². The second-order valence-corrected chi connectivity index (χ2v) is 4.61. The highest BCUT2D eigenvalue weighted by molar-refractivity contribution is 5.40. The number of ether oxygens (including phenoxy) is 1. The molecule has 4 nitrogen and oxygen atoms in total. The molecule has 0 saturated carbocycles. The normalized spacial score (nSPS) is 19.1. The molecule has 1 fully saturated rings. The molecule has 1 atom stereocenters. The van der Waals surface area contributed by atoms with Crippen LogP contribution in [-0.2, 0) is 0 Å². The van der Waals surface area contributed by atoms with Gasteiger partial charge in [-0.1, -0.05) is 18.2 Å². The largest absolute Gasteiger partial charge is 0.472 e. The second-order valence-electron chi connectivity index (χ2n) is 4.61. The Morgan fingerprint density at radius 3 is 3.06 bits per heavy atom. The first kappa shape index (κ1) is 11.3. The van der Waals surface area contributed by atoms with Gasteiger partial charge in [-0.3, -0.25) is 5.32 Å². The molecule has 0 radical (unpaired) electrons. The third-order valence-electron chi connectivity index (χ3n) is 3.21. The van der Waals surface area contributed by atoms with E-state index < -0.39 is 0 Å². The van der Waals surface area contributed by atoms with Crippen LogP contribution in [0.4, 0.5) is 0 Å². The van der Waals surface area contributed by atoms with Crippen LogP contribution in [0.25, 0.3) is 5.69 Å². The standard InChI is InChI=1S/C14H17N3O/c1-11-5-2-3-6-13(11)17-10-12(9-16-17)18-14-7-4-8-15-14/h2-3,5-6,9-10,14-15H,4,7-8H2,1H3. The summed E-state index contributed by atoms with van der Waals surface area (Å²) in [6.45, 7) is 3.12. The Hall–Kier alpha value is -1.81. The summed E-state index contributed by atoms with van der Waals surface area (Å²) in [5, 5.41) is 7.66. The Morgan fingerprint density at radius 2 is 2.28 bits per heavy atom. The molecule has 0 bridgehead atoms. The van der Waals surface area contributed by atoms with Crippen LogP contribution in [0.5, 0.6) is 5.75 Å². The summed E-state index contributed by atoms with van der Waals surface area (Å²) in [4.78, 5) is 0. The highest BCUT2D eigenvalue weighted by atomic mass is 16.5. The molecular weight excluding hydrogens is 226 g/mol. The van der Waals surface area contributed by atoms with Crippen LogP contribution in [-0.4, -0.2) is 22.6 Å². The molecule has 94 valence electrons. The number of rotatable bonds is 3. The van der Waals surface area contributed by atoms with E-state index in [-0.39, 0.29) is 6.23 Å². The van der Waals surface area contributed by atoms with E-state index in [0.717, 1.165) is 24.4 Å². The Bertz CT molecular complexity index is 529. The lowest BCUT2D eigenvalue weighted by Gasteiger charge is -2.11. The molecule has 1 aliphatic heterocycles. The first-order valence-electron chi connectivity index (χ1n) is 6.34. The first-order chi connectivity index (χ1) is 8.83. The van der Waals surface area contributed by atoms with Gasteiger partial charge in [-0.2, -0.15) is 5.10 Å². The molecule has 0 aliphatic carbocycles. The monoisotopic (exact) mass is 243 g/mol. The maximum Gasteiger partial charge on any atom is 0.160 e. The topological polar surface area (TPSA) is 39.1 Å². The van der Waals surface area contributed by atoms with Crippen molar-refractivity contribution in [3.63, 3.8) is 0 Å². The van der Waals surface area contributed by atoms with E-state index in [9.17, 15) is 0 Å². The van der Waals surface area contributed by atoms with Gasteiger partial charge in [0.25, 0.3) is 0 Å². The van der Waals surface area contributed by atoms with Gasteiger partial charge in [0.1, 0.15) is 6.23 Å². The van der Waals surface area contributed by atoms with Crippen LogP contribution in [0.2, 0.25) is 0 Å². The fourth-order valence-corrected chi connectivity index (χ4v) is 2.24. The van der Waals surface area contributed by atoms with Gasteiger partial charge in [0, 0.05) is 0 Å². The molecule has 1 aromatic heterocycles. The SMILES string of the molecule is Cc1ccccc1-n1cc(OC2CCCN2)cn1. The smallest absolute Gasteiger partial charge is 0.160 e. The average molecular weight is 243 g/mol. The van der Waals surface area contributed by atoms with E-state index in [1.165, 1.54) is 12.0 Å². The third-order valence-corrected chi connectivity index (χ3v) is 3.21. The summed E-state index contributed by atoms with van der Waals surface area (Å²) in [6.07, 6.45) is 6.08. The Kier molecular flexibility index (Phi) is 3.02. The van der Waals surface area contributed by atoms with Crippen molar-refractivity contribution >= 4 is 0 Å². The predicted molar refractivity (Wildman–Crippen MR) is 70.0 cm³/mol. The van der Waals surface area contributed by atoms with Crippen molar-refractivity contribution in [2.75, 3.05) is 6.54 Å². The van der Waals surface area contributed by atoms with Gasteiger partial charge in [0.2, 0.25) is 0 Å². The van der Waals surface area contributed by atoms with Gasteiger partial charge in [0.15, 0.2) is 5.75 Å². The van der Waals surface area contributed by atoms with Gasteiger partial charge in [-0.25, -0.2) is 4.68 Å². The zero-order valence-electron chi connectivity index (χ0n) is 10.5. The highest BCUT2D eigenvalue weighted by Gasteiger charge is 2.16. The van der Waals surface area contributed by atoms with Crippen molar-refractivity contribution in [1.29, 1.82) is 0 Å². The summed E-state index contributed by atoms with van der Waals surface area (Å²) in [5.41, 5.74) is 2.29. The maximum absolute atomic E-state index is 5.82. The highest BCUT2D eigenvalue weighted by Crippen LogP contribution is 2.19. The fourth-order valence-electron chi connectivity index (χ4n) is 2.24. The van der Waals surface area contributed by atoms with Crippen LogP contribution >= 0.6 is 0 Å². The lowest BCUT2D eigenvalue weighted by atomic mass is 10.2. The molecule has 1 unspecified atom stereocenters. The van der Waals surface area contributed by atoms with Crippen LogP contribution in [0, 0.1) is 6.92 Å². The number of benzene rings is 1. The molecule has 18 heavy (non-hydrogen) atoms. The lowest BCUT2D eigenvalue weighted by molar-refractivity contribution is 0.187. The predicted octanol–water partition coefficient (Wildman–Crippen LogP) is 2.27. The summed E-state index contributed by atoms with van der Waals surface area (Å²) < 4.78 is 7.68. The molecule has 4 heteroatoms. The summed E-state index contributed by atoms with van der Waals surface area (Å²) in [7, 11) is 0. The molecule has 3 rings (SSSR count). The van der Waals surface area contributed by atoms with Gasteiger partial charge in [-0.05, 0) is 37.9 Å². The van der Waals surface area contributed by atoms with Gasteiger partial charge in [-0.15, -0.1) is 0 Å². The van der Waals surface area contributed by atoms with E-state index in [0.29, 0.717) is 0 Å². The number of nitrogens with one attached hydrogen (secondary N) is 1. The van der Waals surface area contributed by atoms with Crippen molar-refractivity contribution in [3.8, 4) is 11.4 Å². The molecule has 2 aromatic rings. The number of aromatic nitrogens is 2. The molecule has 0 amide bonds. The molecule has 2 heterocycles. The van der Waals surface area contributed by atoms with Crippen molar-refractivity contribution in [2.24, 2.45) is 0 Å². The molecular formula is C14H17N3O. The summed E-state index contributed by atoms with van der Waals surface area (Å²) in [5.74, 6) is 0.817. The van der Waals surface area contributed by atoms with Gasteiger partial charge >= 0.3 is 0 Å². The molecule has 1 aliphatic rings. The zero-order valence-corrected chi connectivity index (χ0v) is 10.5. The maximum atomic E-state index is 5.82. The molecule has 0 spiro atoms. The molecule has 1 aromatic carbocycles. The van der Waals surface area contributed by atoms with E-state index >= 15 is 0 Å². The Morgan fingerprint density at radius 1 is 1.39 bits per heavy atom. The minimum Gasteiger partial charge on any atom is -0.472 e. The number of hydrogen-bond donors (Lipinski definition) is 1. The minimum atomic E-state index is 0.138. The Labute approximate surface area is 107 Å². The van der Waals surface area contributed by atoms with Crippen molar-refractivity contribution < 1.29 is 4.74 Å². The van der Waals surface area contributed by atoms with E-state index in [1.807, 2.05) is 23.0 Å². The molecule has 1 N–H and O–H groups in total. The minimum absolute atomic E-state index is 0.138. The van der Waals surface area contributed by atoms with Crippen molar-refractivity contribution in [2.45, 2.75) is 26.0 Å². The summed E-state index contributed by atoms with van der Waals surface area (Å²) in [6, 6.07) is 8.18. The number of para-hydroxylation sites is 1. The van der Waals surface area contributed by atoms with Crippen LogP contribution < -0.4 is 10.1 Å². The number of nitrogens with zero attached hydrogens (tertiary/aromatic N) is 2. The zero-order chi connectivity index (χ0) is 12.4. The third kappa shape index (κ3) is 2.24. The second kappa shape index (κ2) is 4.82. The Balaban J connectivity index is 1.79. The molecule has 1 saturated heterocycles. The van der Waals surface area contributed by atoms with Crippen molar-refractivity contribution in [3.05, 3.63) is 42.2 Å². The van der Waals surface area contributed by atoms with E-state index in [4.69, 9.17) is 4.74 Å². The quantitative estimate of drug-likeness (QED) is 0.898. The number of aryl methyl sites for hydroxylation is 1. The average Bonchev–Trinajstić information content (AvgIpc) is 3.02. The van der Waals surface area contributed by atoms with Crippen LogP contribution in [0.1, 0.15) is 18.4 Å². The fraction of sp³-hybridized carbons (Fsp3) is 0.357. The van der Waals surface area contributed by atoms with Gasteiger partial charge in [0.05, 0.1) is 18.1 Å². The van der Waals surface area contributed by atoms with E-state index in [2.05, 4.69) is 29.5 Å².